The number of amides is 1. The van der Waals surface area contributed by atoms with Crippen LogP contribution in [0, 0.1) is 6.92 Å². The van der Waals surface area contributed by atoms with Crippen molar-refractivity contribution in [3.63, 3.8) is 0 Å². The number of hydrogen-bond donors (Lipinski definition) is 1. The van der Waals surface area contributed by atoms with Crippen molar-refractivity contribution < 1.29 is 19.4 Å². The van der Waals surface area contributed by atoms with E-state index in [1.54, 1.807) is 24.0 Å². The molecular weight excluding hydrogens is 354 g/mol. The maximum Gasteiger partial charge on any atom is 0.348 e. The summed E-state index contributed by atoms with van der Waals surface area (Å²) >= 11 is 0. The van der Waals surface area contributed by atoms with Crippen molar-refractivity contribution >= 4 is 11.9 Å². The molecule has 146 valence electrons. The quantitative estimate of drug-likeness (QED) is 0.768. The summed E-state index contributed by atoms with van der Waals surface area (Å²) in [4.78, 5) is 26.3. The number of nitrogens with zero attached hydrogens (tertiary/aromatic N) is 1. The van der Waals surface area contributed by atoms with Crippen LogP contribution in [-0.4, -0.2) is 40.6 Å². The fourth-order valence-electron chi connectivity index (χ4n) is 3.27. The topological polar surface area (TPSA) is 66.8 Å². The molecule has 1 atom stereocenters. The van der Waals surface area contributed by atoms with Gasteiger partial charge < -0.3 is 14.7 Å². The largest absolute Gasteiger partial charge is 0.478 e. The predicted molar refractivity (Wildman–Crippen MR) is 108 cm³/mol. The zero-order chi connectivity index (χ0) is 20.1. The number of hydrogen-bond acceptors (Lipinski definition) is 3. The predicted octanol–water partition coefficient (Wildman–Crippen LogP) is 4.08. The van der Waals surface area contributed by atoms with Crippen LogP contribution in [0.3, 0.4) is 0 Å². The Morgan fingerprint density at radius 3 is 2.36 bits per heavy atom. The number of carbonyl (C=O) groups excluding carboxylic acids is 1. The van der Waals surface area contributed by atoms with Gasteiger partial charge in [0.1, 0.15) is 5.75 Å². The zero-order valence-corrected chi connectivity index (χ0v) is 16.2. The maximum absolute atomic E-state index is 12.6. The average Bonchev–Trinajstić information content (AvgIpc) is 2.69. The molecule has 1 N–H and O–H groups in total. The third-order valence-electron chi connectivity index (χ3n) is 4.99. The summed E-state index contributed by atoms with van der Waals surface area (Å²) in [5.41, 5.74) is 1.43. The molecule has 0 saturated heterocycles. The number of ether oxygens (including phenoxy) is 1. The van der Waals surface area contributed by atoms with Crippen molar-refractivity contribution in [2.75, 3.05) is 13.1 Å². The second-order valence-electron chi connectivity index (χ2n) is 7.36. The van der Waals surface area contributed by atoms with Gasteiger partial charge in [0.05, 0.1) is 0 Å². The minimum absolute atomic E-state index is 0.00293. The van der Waals surface area contributed by atoms with Crippen LogP contribution >= 0.6 is 0 Å². The van der Waals surface area contributed by atoms with Gasteiger partial charge in [0.25, 0.3) is 5.91 Å². The van der Waals surface area contributed by atoms with Crippen LogP contribution in [0.2, 0.25) is 0 Å². The molecule has 5 nitrogen and oxygen atoms in total. The number of carbonyl (C=O) groups is 2. The van der Waals surface area contributed by atoms with Gasteiger partial charge in [-0.25, -0.2) is 4.79 Å². The number of rotatable bonds is 6. The Hall–Kier alpha value is -3.08. The van der Waals surface area contributed by atoms with Crippen molar-refractivity contribution in [3.05, 3.63) is 77.4 Å². The Morgan fingerprint density at radius 2 is 1.79 bits per heavy atom. The number of para-hydroxylation sites is 1. The molecule has 2 aromatic carbocycles. The van der Waals surface area contributed by atoms with E-state index in [1.165, 1.54) is 0 Å². The number of benzene rings is 2. The van der Waals surface area contributed by atoms with E-state index in [9.17, 15) is 14.7 Å². The summed E-state index contributed by atoms with van der Waals surface area (Å²) in [5.74, 6) is -0.479. The lowest BCUT2D eigenvalue weighted by molar-refractivity contribution is -0.153. The summed E-state index contributed by atoms with van der Waals surface area (Å²) in [6.45, 7) is 4.62. The Bertz CT molecular complexity index is 873. The van der Waals surface area contributed by atoms with Crippen molar-refractivity contribution in [2.45, 2.75) is 32.3 Å². The average molecular weight is 379 g/mol. The Balaban J connectivity index is 1.66. The van der Waals surface area contributed by atoms with Crippen molar-refractivity contribution in [1.29, 1.82) is 0 Å². The van der Waals surface area contributed by atoms with E-state index in [0.29, 0.717) is 30.8 Å². The van der Waals surface area contributed by atoms with Crippen LogP contribution in [0.5, 0.6) is 5.75 Å². The van der Waals surface area contributed by atoms with Gasteiger partial charge in [0, 0.05) is 25.1 Å². The third-order valence-corrected chi connectivity index (χ3v) is 4.99. The first-order valence-corrected chi connectivity index (χ1v) is 9.39. The highest BCUT2D eigenvalue weighted by atomic mass is 16.5. The molecule has 1 heterocycles. The van der Waals surface area contributed by atoms with Crippen LogP contribution < -0.4 is 4.74 Å². The van der Waals surface area contributed by atoms with Crippen LogP contribution in [0.25, 0.3) is 0 Å². The fourth-order valence-corrected chi connectivity index (χ4v) is 3.27. The number of aryl methyl sites for hydroxylation is 1. The summed E-state index contributed by atoms with van der Waals surface area (Å²) in [7, 11) is 0. The number of aliphatic carboxylic acids is 1. The van der Waals surface area contributed by atoms with E-state index < -0.39 is 11.6 Å². The standard InChI is InChI=1S/C23H25NO4/c1-17-8-10-19(11-9-17)21(25)24-14-12-18(13-15-24)16-23(2,22(26)27)28-20-6-4-3-5-7-20/h3-12H,13-16H2,1-2H3,(H,26,27). The first-order valence-electron chi connectivity index (χ1n) is 9.39. The summed E-state index contributed by atoms with van der Waals surface area (Å²) in [6.07, 6.45) is 2.87. The second kappa shape index (κ2) is 8.30. The lowest BCUT2D eigenvalue weighted by atomic mass is 9.92. The van der Waals surface area contributed by atoms with E-state index in [0.717, 1.165) is 11.1 Å². The molecule has 0 radical (unpaired) electrons. The molecule has 1 unspecified atom stereocenters. The first-order chi connectivity index (χ1) is 13.4. The molecule has 1 aliphatic heterocycles. The molecule has 3 rings (SSSR count). The first kappa shape index (κ1) is 19.7. The maximum atomic E-state index is 12.6. The number of carboxylic acids is 1. The van der Waals surface area contributed by atoms with Crippen LogP contribution in [-0.2, 0) is 4.79 Å². The molecule has 0 aromatic heterocycles. The van der Waals surface area contributed by atoms with Gasteiger partial charge in [-0.1, -0.05) is 47.5 Å². The van der Waals surface area contributed by atoms with Crippen LogP contribution in [0.1, 0.15) is 35.7 Å². The molecular formula is C23H25NO4. The van der Waals surface area contributed by atoms with Crippen LogP contribution in [0.15, 0.2) is 66.2 Å². The Labute approximate surface area is 165 Å². The lowest BCUT2D eigenvalue weighted by Crippen LogP contribution is -2.43. The lowest BCUT2D eigenvalue weighted by Gasteiger charge is -2.31. The SMILES string of the molecule is Cc1ccc(C(=O)N2CC=C(CC(C)(Oc3ccccc3)C(=O)O)CC2)cc1. The highest BCUT2D eigenvalue weighted by Crippen LogP contribution is 2.28. The molecule has 0 bridgehead atoms. The molecule has 0 spiro atoms. The highest BCUT2D eigenvalue weighted by Gasteiger charge is 2.37. The van der Waals surface area contributed by atoms with Gasteiger partial charge in [-0.3, -0.25) is 4.79 Å². The van der Waals surface area contributed by atoms with Gasteiger partial charge in [0.15, 0.2) is 0 Å². The molecule has 0 saturated carbocycles. The molecule has 0 fully saturated rings. The molecule has 2 aromatic rings. The van der Waals surface area contributed by atoms with E-state index in [2.05, 4.69) is 0 Å². The summed E-state index contributed by atoms with van der Waals surface area (Å²) in [6, 6.07) is 16.5. The zero-order valence-electron chi connectivity index (χ0n) is 16.2. The van der Waals surface area contributed by atoms with Crippen LogP contribution in [0.4, 0.5) is 0 Å². The molecule has 1 amide bonds. The van der Waals surface area contributed by atoms with Crippen molar-refractivity contribution in [3.8, 4) is 5.75 Å². The molecule has 5 heteroatoms. The molecule has 28 heavy (non-hydrogen) atoms. The van der Waals surface area contributed by atoms with Gasteiger partial charge in [0.2, 0.25) is 5.60 Å². The van der Waals surface area contributed by atoms with Gasteiger partial charge in [-0.2, -0.15) is 0 Å². The molecule has 1 aliphatic rings. The van der Waals surface area contributed by atoms with Crippen molar-refractivity contribution in [2.24, 2.45) is 0 Å². The number of carboxylic acid groups (broad SMARTS) is 1. The van der Waals surface area contributed by atoms with Gasteiger partial charge in [-0.05, 0) is 44.5 Å². The Kier molecular flexibility index (Phi) is 5.83. The van der Waals surface area contributed by atoms with Crippen molar-refractivity contribution in [1.82, 2.24) is 4.90 Å². The third kappa shape index (κ3) is 4.60. The van der Waals surface area contributed by atoms with E-state index in [-0.39, 0.29) is 12.3 Å². The minimum atomic E-state index is -1.35. The highest BCUT2D eigenvalue weighted by molar-refractivity contribution is 5.94. The van der Waals surface area contributed by atoms with Gasteiger partial charge >= 0.3 is 5.97 Å². The normalized spacial score (nSPS) is 16.1. The molecule has 0 aliphatic carbocycles. The minimum Gasteiger partial charge on any atom is -0.478 e. The Morgan fingerprint density at radius 1 is 1.11 bits per heavy atom. The second-order valence-corrected chi connectivity index (χ2v) is 7.36. The summed E-state index contributed by atoms with van der Waals surface area (Å²) in [5, 5.41) is 9.72. The monoisotopic (exact) mass is 379 g/mol. The van der Waals surface area contributed by atoms with E-state index >= 15 is 0 Å². The van der Waals surface area contributed by atoms with Gasteiger partial charge in [-0.15, -0.1) is 0 Å². The van der Waals surface area contributed by atoms with E-state index in [4.69, 9.17) is 4.74 Å². The van der Waals surface area contributed by atoms with E-state index in [1.807, 2.05) is 55.5 Å². The summed E-state index contributed by atoms with van der Waals surface area (Å²) < 4.78 is 5.80. The smallest absolute Gasteiger partial charge is 0.348 e. The fraction of sp³-hybridized carbons (Fsp3) is 0.304.